The maximum Gasteiger partial charge on any atom is 0.135 e. The van der Waals surface area contributed by atoms with Crippen LogP contribution in [0.5, 0.6) is 0 Å². The van der Waals surface area contributed by atoms with E-state index in [9.17, 15) is 0 Å². The van der Waals surface area contributed by atoms with Gasteiger partial charge in [0.05, 0.1) is 0 Å². The number of hydrogen-bond acceptors (Lipinski definition) is 2. The van der Waals surface area contributed by atoms with Crippen LogP contribution in [-0.2, 0) is 0 Å². The molecule has 2 aliphatic rings. The van der Waals surface area contributed by atoms with Gasteiger partial charge in [-0.15, -0.1) is 0 Å². The smallest absolute Gasteiger partial charge is 0.135 e. The van der Waals surface area contributed by atoms with Crippen molar-refractivity contribution in [3.8, 4) is 0 Å². The van der Waals surface area contributed by atoms with Crippen molar-refractivity contribution in [2.75, 3.05) is 0 Å². The Morgan fingerprint density at radius 1 is 0.952 bits per heavy atom. The Labute approximate surface area is 123 Å². The standard InChI is InChI=1S/C19H17NO/c1-2-4-18-16(3-1)17-11-12(5-8-19(17)21-18)13-9-14-6-7-15(10-13)20-14/h1-5,8-9,11,14-15,20H,6-7,10H2. The minimum atomic E-state index is 0.579. The molecule has 2 aliphatic heterocycles. The number of fused-ring (bicyclic) bond motifs is 5. The lowest BCUT2D eigenvalue weighted by atomic mass is 9.95. The first kappa shape index (κ1) is 11.6. The van der Waals surface area contributed by atoms with E-state index in [0.717, 1.165) is 17.6 Å². The van der Waals surface area contributed by atoms with Gasteiger partial charge in [0.15, 0.2) is 0 Å². The Balaban J connectivity index is 1.69. The first-order valence-electron chi connectivity index (χ1n) is 7.75. The van der Waals surface area contributed by atoms with E-state index < -0.39 is 0 Å². The normalized spacial score (nSPS) is 24.7. The van der Waals surface area contributed by atoms with Crippen molar-refractivity contribution in [2.45, 2.75) is 31.3 Å². The van der Waals surface area contributed by atoms with Crippen LogP contribution in [0.4, 0.5) is 0 Å². The molecule has 2 unspecified atom stereocenters. The zero-order valence-corrected chi connectivity index (χ0v) is 11.8. The molecule has 2 heteroatoms. The third kappa shape index (κ3) is 1.76. The van der Waals surface area contributed by atoms with E-state index in [2.05, 4.69) is 41.7 Å². The van der Waals surface area contributed by atoms with Gasteiger partial charge in [-0.1, -0.05) is 30.3 Å². The fraction of sp³-hybridized carbons (Fsp3) is 0.263. The summed E-state index contributed by atoms with van der Waals surface area (Å²) < 4.78 is 5.92. The van der Waals surface area contributed by atoms with Gasteiger partial charge < -0.3 is 9.73 Å². The van der Waals surface area contributed by atoms with Crippen LogP contribution in [0.2, 0.25) is 0 Å². The number of benzene rings is 2. The van der Waals surface area contributed by atoms with Crippen molar-refractivity contribution in [2.24, 2.45) is 0 Å². The molecule has 2 nitrogen and oxygen atoms in total. The zero-order valence-electron chi connectivity index (χ0n) is 11.8. The van der Waals surface area contributed by atoms with Crippen LogP contribution >= 0.6 is 0 Å². The molecule has 2 aromatic carbocycles. The molecule has 1 N–H and O–H groups in total. The summed E-state index contributed by atoms with van der Waals surface area (Å²) in [6, 6.07) is 16.2. The van der Waals surface area contributed by atoms with E-state index in [1.54, 1.807) is 0 Å². The molecule has 0 saturated carbocycles. The minimum Gasteiger partial charge on any atom is -0.456 e. The third-order valence-corrected chi connectivity index (χ3v) is 4.89. The molecular formula is C19H17NO. The maximum atomic E-state index is 5.92. The summed E-state index contributed by atoms with van der Waals surface area (Å²) in [4.78, 5) is 0. The molecule has 1 aromatic heterocycles. The van der Waals surface area contributed by atoms with Gasteiger partial charge in [-0.25, -0.2) is 0 Å². The van der Waals surface area contributed by atoms with Gasteiger partial charge in [0, 0.05) is 22.9 Å². The van der Waals surface area contributed by atoms with Gasteiger partial charge in [0.25, 0.3) is 0 Å². The lowest BCUT2D eigenvalue weighted by Crippen LogP contribution is -2.31. The highest BCUT2D eigenvalue weighted by molar-refractivity contribution is 6.05. The van der Waals surface area contributed by atoms with Crippen molar-refractivity contribution >= 4 is 27.5 Å². The van der Waals surface area contributed by atoms with Gasteiger partial charge in [-0.2, -0.15) is 0 Å². The summed E-state index contributed by atoms with van der Waals surface area (Å²) >= 11 is 0. The molecule has 2 bridgehead atoms. The monoisotopic (exact) mass is 275 g/mol. The number of furan rings is 1. The molecule has 0 radical (unpaired) electrons. The summed E-state index contributed by atoms with van der Waals surface area (Å²) in [5.41, 5.74) is 4.81. The zero-order chi connectivity index (χ0) is 13.8. The van der Waals surface area contributed by atoms with Crippen LogP contribution in [0.3, 0.4) is 0 Å². The molecular weight excluding hydrogens is 258 g/mol. The molecule has 0 amide bonds. The average molecular weight is 275 g/mol. The highest BCUT2D eigenvalue weighted by Crippen LogP contribution is 2.35. The topological polar surface area (TPSA) is 25.2 Å². The molecule has 3 heterocycles. The molecule has 21 heavy (non-hydrogen) atoms. The Bertz CT molecular complexity index is 874. The van der Waals surface area contributed by atoms with E-state index in [4.69, 9.17) is 4.42 Å². The summed E-state index contributed by atoms with van der Waals surface area (Å²) in [7, 11) is 0. The van der Waals surface area contributed by atoms with E-state index in [1.807, 2.05) is 12.1 Å². The third-order valence-electron chi connectivity index (χ3n) is 4.89. The second kappa shape index (κ2) is 4.22. The Morgan fingerprint density at radius 2 is 1.86 bits per heavy atom. The van der Waals surface area contributed by atoms with E-state index in [0.29, 0.717) is 12.1 Å². The Morgan fingerprint density at radius 3 is 2.81 bits per heavy atom. The number of rotatable bonds is 1. The minimum absolute atomic E-state index is 0.579. The summed E-state index contributed by atoms with van der Waals surface area (Å²) in [5, 5.41) is 6.10. The predicted octanol–water partition coefficient (Wildman–Crippen LogP) is 4.49. The fourth-order valence-electron chi connectivity index (χ4n) is 3.86. The van der Waals surface area contributed by atoms with E-state index in [-0.39, 0.29) is 0 Å². The first-order chi connectivity index (χ1) is 10.4. The van der Waals surface area contributed by atoms with Crippen LogP contribution < -0.4 is 5.32 Å². The average Bonchev–Trinajstić information content (AvgIpc) is 3.06. The molecule has 2 atom stereocenters. The number of nitrogens with one attached hydrogen (secondary N) is 1. The van der Waals surface area contributed by atoms with Crippen molar-refractivity contribution < 1.29 is 4.42 Å². The Hall–Kier alpha value is -2.06. The predicted molar refractivity (Wildman–Crippen MR) is 86.3 cm³/mol. The molecule has 1 fully saturated rings. The van der Waals surface area contributed by atoms with Crippen LogP contribution in [0.1, 0.15) is 24.8 Å². The van der Waals surface area contributed by atoms with Gasteiger partial charge in [0.2, 0.25) is 0 Å². The van der Waals surface area contributed by atoms with Crippen molar-refractivity contribution in [3.05, 3.63) is 54.1 Å². The molecule has 104 valence electrons. The van der Waals surface area contributed by atoms with Crippen molar-refractivity contribution in [3.63, 3.8) is 0 Å². The first-order valence-corrected chi connectivity index (χ1v) is 7.75. The summed E-state index contributed by atoms with van der Waals surface area (Å²) in [6.07, 6.45) is 6.16. The quantitative estimate of drug-likeness (QED) is 0.707. The van der Waals surface area contributed by atoms with Crippen molar-refractivity contribution in [1.82, 2.24) is 5.32 Å². The molecule has 3 aromatic rings. The highest BCUT2D eigenvalue weighted by Gasteiger charge is 2.28. The lowest BCUT2D eigenvalue weighted by molar-refractivity contribution is 0.575. The molecule has 1 saturated heterocycles. The fourth-order valence-corrected chi connectivity index (χ4v) is 3.86. The SMILES string of the molecule is C1=C(c2ccc3oc4ccccc4c3c2)CC2CCC1N2. The maximum absolute atomic E-state index is 5.92. The summed E-state index contributed by atoms with van der Waals surface area (Å²) in [5.74, 6) is 0. The number of para-hydroxylation sites is 1. The largest absolute Gasteiger partial charge is 0.456 e. The van der Waals surface area contributed by atoms with Gasteiger partial charge in [-0.05, 0) is 48.6 Å². The van der Waals surface area contributed by atoms with Crippen LogP contribution in [0.25, 0.3) is 27.5 Å². The Kier molecular flexibility index (Phi) is 2.33. The highest BCUT2D eigenvalue weighted by atomic mass is 16.3. The van der Waals surface area contributed by atoms with Gasteiger partial charge in [0.1, 0.15) is 11.2 Å². The van der Waals surface area contributed by atoms with E-state index in [1.165, 1.54) is 34.8 Å². The summed E-state index contributed by atoms with van der Waals surface area (Å²) in [6.45, 7) is 0. The van der Waals surface area contributed by atoms with Crippen molar-refractivity contribution in [1.29, 1.82) is 0 Å². The van der Waals surface area contributed by atoms with Gasteiger partial charge in [-0.3, -0.25) is 0 Å². The second-order valence-corrected chi connectivity index (χ2v) is 6.25. The van der Waals surface area contributed by atoms with E-state index >= 15 is 0 Å². The van der Waals surface area contributed by atoms with Crippen LogP contribution in [-0.4, -0.2) is 12.1 Å². The van der Waals surface area contributed by atoms with Crippen LogP contribution in [0.15, 0.2) is 53.0 Å². The number of hydrogen-bond donors (Lipinski definition) is 1. The lowest BCUT2D eigenvalue weighted by Gasteiger charge is -2.21. The molecule has 0 aliphatic carbocycles. The second-order valence-electron chi connectivity index (χ2n) is 6.25. The van der Waals surface area contributed by atoms with Gasteiger partial charge >= 0.3 is 0 Å². The molecule has 5 rings (SSSR count). The molecule has 0 spiro atoms. The van der Waals surface area contributed by atoms with Crippen LogP contribution in [0, 0.1) is 0 Å².